The van der Waals surface area contributed by atoms with Crippen molar-refractivity contribution in [2.45, 2.75) is 13.8 Å². The predicted octanol–water partition coefficient (Wildman–Crippen LogP) is 9.42. The average molecular weight is 511 g/mol. The number of nitrogens with zero attached hydrogens (tertiary/aromatic N) is 2. The minimum Gasteiger partial charge on any atom is -0.455 e. The number of benzene rings is 3. The SMILES string of the molecule is Cc1ccc(-c2oc(N=Cc3ccc(-c4ccc(Cl)c(Cl)c4)o3)c(C#N)c2-c2ccc(C)cc2)cc1. The highest BCUT2D eigenvalue weighted by Crippen LogP contribution is 2.42. The number of hydrogen-bond acceptors (Lipinski definition) is 4. The molecule has 0 N–H and O–H groups in total. The molecule has 0 saturated carbocycles. The highest BCUT2D eigenvalue weighted by molar-refractivity contribution is 6.42. The molecule has 0 radical (unpaired) electrons. The van der Waals surface area contributed by atoms with Crippen molar-refractivity contribution < 1.29 is 8.83 Å². The second kappa shape index (κ2) is 9.91. The average Bonchev–Trinajstić information content (AvgIpc) is 3.50. The molecule has 5 rings (SSSR count). The van der Waals surface area contributed by atoms with Crippen molar-refractivity contribution in [3.8, 4) is 39.8 Å². The molecule has 3 aromatic carbocycles. The fourth-order valence-electron chi connectivity index (χ4n) is 3.87. The van der Waals surface area contributed by atoms with Crippen LogP contribution in [0.1, 0.15) is 22.5 Å². The van der Waals surface area contributed by atoms with Crippen molar-refractivity contribution in [3.05, 3.63) is 111 Å². The van der Waals surface area contributed by atoms with Crippen LogP contribution in [0.25, 0.3) is 33.8 Å². The largest absolute Gasteiger partial charge is 0.455 e. The van der Waals surface area contributed by atoms with Gasteiger partial charge in [-0.15, -0.1) is 0 Å². The van der Waals surface area contributed by atoms with Crippen molar-refractivity contribution in [2.75, 3.05) is 0 Å². The van der Waals surface area contributed by atoms with Gasteiger partial charge in [0.25, 0.3) is 0 Å². The molecule has 0 unspecified atom stereocenters. The van der Waals surface area contributed by atoms with Gasteiger partial charge in [-0.1, -0.05) is 82.9 Å². The van der Waals surface area contributed by atoms with E-state index in [1.807, 2.05) is 74.5 Å². The summed E-state index contributed by atoms with van der Waals surface area (Å²) in [5.74, 6) is 1.94. The summed E-state index contributed by atoms with van der Waals surface area (Å²) in [4.78, 5) is 4.50. The van der Waals surface area contributed by atoms with E-state index in [9.17, 15) is 5.26 Å². The summed E-state index contributed by atoms with van der Waals surface area (Å²) < 4.78 is 12.1. The molecule has 0 saturated heterocycles. The molecule has 0 amide bonds. The summed E-state index contributed by atoms with van der Waals surface area (Å²) in [7, 11) is 0. The molecule has 0 aliphatic rings. The van der Waals surface area contributed by atoms with E-state index in [1.165, 1.54) is 0 Å². The number of aryl methyl sites for hydroxylation is 2. The summed E-state index contributed by atoms with van der Waals surface area (Å²) in [5, 5.41) is 11.0. The molecular weight excluding hydrogens is 491 g/mol. The van der Waals surface area contributed by atoms with E-state index in [4.69, 9.17) is 32.0 Å². The lowest BCUT2D eigenvalue weighted by atomic mass is 9.97. The van der Waals surface area contributed by atoms with Crippen LogP contribution in [0.3, 0.4) is 0 Å². The van der Waals surface area contributed by atoms with Gasteiger partial charge in [-0.25, -0.2) is 4.99 Å². The molecule has 6 heteroatoms. The maximum atomic E-state index is 10.1. The van der Waals surface area contributed by atoms with Crippen molar-refractivity contribution in [3.63, 3.8) is 0 Å². The molecule has 2 heterocycles. The number of furan rings is 2. The van der Waals surface area contributed by atoms with E-state index >= 15 is 0 Å². The van der Waals surface area contributed by atoms with Crippen LogP contribution in [0.2, 0.25) is 10.0 Å². The number of hydrogen-bond donors (Lipinski definition) is 0. The molecule has 4 nitrogen and oxygen atoms in total. The Kier molecular flexibility index (Phi) is 6.52. The quantitative estimate of drug-likeness (QED) is 0.221. The standard InChI is InChI=1S/C30H20Cl2N2O2/c1-18-3-7-20(8-4-18)28-24(16-33)30(36-29(28)21-9-5-19(2)6-10-21)34-17-23-12-14-27(35-23)22-11-13-25(31)26(32)15-22/h3-15,17H,1-2H3. The van der Waals surface area contributed by atoms with E-state index < -0.39 is 0 Å². The van der Waals surface area contributed by atoms with Crippen LogP contribution in [0.4, 0.5) is 5.88 Å². The van der Waals surface area contributed by atoms with Crippen LogP contribution >= 0.6 is 23.2 Å². The first-order chi connectivity index (χ1) is 17.4. The molecule has 0 fully saturated rings. The molecule has 176 valence electrons. The lowest BCUT2D eigenvalue weighted by molar-refractivity contribution is 0.572. The van der Waals surface area contributed by atoms with Gasteiger partial charge in [0.2, 0.25) is 5.88 Å². The fraction of sp³-hybridized carbons (Fsp3) is 0.0667. The Morgan fingerprint density at radius 3 is 2.03 bits per heavy atom. The smallest absolute Gasteiger partial charge is 0.238 e. The molecule has 0 spiro atoms. The van der Waals surface area contributed by atoms with E-state index in [-0.39, 0.29) is 5.88 Å². The maximum Gasteiger partial charge on any atom is 0.238 e. The minimum atomic E-state index is 0.219. The summed E-state index contributed by atoms with van der Waals surface area (Å²) >= 11 is 12.2. The van der Waals surface area contributed by atoms with Gasteiger partial charge in [-0.3, -0.25) is 0 Å². The maximum absolute atomic E-state index is 10.1. The van der Waals surface area contributed by atoms with Crippen LogP contribution in [-0.2, 0) is 0 Å². The van der Waals surface area contributed by atoms with Crippen molar-refractivity contribution in [1.29, 1.82) is 5.26 Å². The Morgan fingerprint density at radius 1 is 0.750 bits per heavy atom. The van der Waals surface area contributed by atoms with Crippen molar-refractivity contribution in [2.24, 2.45) is 4.99 Å². The highest BCUT2D eigenvalue weighted by Gasteiger charge is 2.23. The third kappa shape index (κ3) is 4.72. The van der Waals surface area contributed by atoms with Gasteiger partial charge in [0.1, 0.15) is 28.9 Å². The highest BCUT2D eigenvalue weighted by atomic mass is 35.5. The van der Waals surface area contributed by atoms with Gasteiger partial charge in [-0.05, 0) is 49.7 Å². The van der Waals surface area contributed by atoms with E-state index in [1.54, 1.807) is 24.4 Å². The number of halogens is 2. The van der Waals surface area contributed by atoms with Gasteiger partial charge >= 0.3 is 0 Å². The molecule has 0 atom stereocenters. The third-order valence-electron chi connectivity index (χ3n) is 5.80. The van der Waals surface area contributed by atoms with E-state index in [2.05, 4.69) is 11.1 Å². The minimum absolute atomic E-state index is 0.219. The van der Waals surface area contributed by atoms with Gasteiger partial charge < -0.3 is 8.83 Å². The number of nitriles is 1. The zero-order chi connectivity index (χ0) is 25.2. The fourth-order valence-corrected chi connectivity index (χ4v) is 4.16. The monoisotopic (exact) mass is 510 g/mol. The summed E-state index contributed by atoms with van der Waals surface area (Å²) in [6.45, 7) is 4.05. The Bertz CT molecular complexity index is 1620. The third-order valence-corrected chi connectivity index (χ3v) is 6.53. The van der Waals surface area contributed by atoms with E-state index in [0.717, 1.165) is 27.8 Å². The second-order valence-corrected chi connectivity index (χ2v) is 9.23. The molecule has 2 aromatic heterocycles. The zero-order valence-electron chi connectivity index (χ0n) is 19.5. The molecule has 0 aliphatic heterocycles. The molecule has 36 heavy (non-hydrogen) atoms. The summed E-state index contributed by atoms with van der Waals surface area (Å²) in [5.41, 5.74) is 5.89. The first kappa shape index (κ1) is 23.7. The van der Waals surface area contributed by atoms with Crippen LogP contribution in [0.5, 0.6) is 0 Å². The van der Waals surface area contributed by atoms with Crippen LogP contribution < -0.4 is 0 Å². The molecule has 0 bridgehead atoms. The van der Waals surface area contributed by atoms with E-state index in [0.29, 0.717) is 38.5 Å². The lowest BCUT2D eigenvalue weighted by Crippen LogP contribution is -1.85. The Hall–Kier alpha value is -4.04. The zero-order valence-corrected chi connectivity index (χ0v) is 21.1. The number of rotatable bonds is 5. The van der Waals surface area contributed by atoms with Gasteiger partial charge in [0, 0.05) is 16.7 Å². The van der Waals surface area contributed by atoms with Crippen LogP contribution in [0, 0.1) is 25.2 Å². The topological polar surface area (TPSA) is 62.4 Å². The van der Waals surface area contributed by atoms with Crippen LogP contribution in [0.15, 0.2) is 92.7 Å². The number of aliphatic imine (C=N–C) groups is 1. The Balaban J connectivity index is 1.56. The van der Waals surface area contributed by atoms with Gasteiger partial charge in [0.15, 0.2) is 0 Å². The first-order valence-electron chi connectivity index (χ1n) is 11.2. The summed E-state index contributed by atoms with van der Waals surface area (Å²) in [6.07, 6.45) is 1.54. The molecule has 0 aliphatic carbocycles. The van der Waals surface area contributed by atoms with Crippen molar-refractivity contribution >= 4 is 35.3 Å². The lowest BCUT2D eigenvalue weighted by Gasteiger charge is -2.05. The molecule has 5 aromatic rings. The predicted molar refractivity (Wildman–Crippen MR) is 145 cm³/mol. The second-order valence-electron chi connectivity index (χ2n) is 8.42. The molecular formula is C30H20Cl2N2O2. The normalized spacial score (nSPS) is 11.2. The van der Waals surface area contributed by atoms with Gasteiger partial charge in [0.05, 0.1) is 16.3 Å². The van der Waals surface area contributed by atoms with Crippen LogP contribution in [-0.4, -0.2) is 6.21 Å². The Labute approximate surface area is 219 Å². The Morgan fingerprint density at radius 2 is 1.39 bits per heavy atom. The first-order valence-corrected chi connectivity index (χ1v) is 12.0. The van der Waals surface area contributed by atoms with Gasteiger partial charge in [-0.2, -0.15) is 5.26 Å². The summed E-state index contributed by atoms with van der Waals surface area (Å²) in [6, 6.07) is 27.2. The van der Waals surface area contributed by atoms with Crippen molar-refractivity contribution in [1.82, 2.24) is 0 Å².